The van der Waals surface area contributed by atoms with Crippen LogP contribution in [0.15, 0.2) is 65.8 Å². The average molecular weight is 506 g/mol. The van der Waals surface area contributed by atoms with Crippen LogP contribution in [0.2, 0.25) is 0 Å². The molecule has 1 unspecified atom stereocenters. The first-order valence-electron chi connectivity index (χ1n) is 14.1. The molecule has 2 aliphatic heterocycles. The molecule has 0 radical (unpaired) electrons. The minimum Gasteiger partial charge on any atom is -0.633 e. The summed E-state index contributed by atoms with van der Waals surface area (Å²) < 4.78 is 32.8. The summed E-state index contributed by atoms with van der Waals surface area (Å²) in [6.45, 7) is 1.84. The number of hydrogen-bond donors (Lipinski definition) is 0. The van der Waals surface area contributed by atoms with Gasteiger partial charge in [-0.1, -0.05) is 61.5 Å². The molecule has 2 spiro atoms. The quantitative estimate of drug-likeness (QED) is 0.316. The van der Waals surface area contributed by atoms with Crippen LogP contribution < -0.4 is 0 Å². The van der Waals surface area contributed by atoms with Crippen molar-refractivity contribution in [2.45, 2.75) is 87.9 Å². The number of rotatable bonds is 4. The van der Waals surface area contributed by atoms with Crippen molar-refractivity contribution in [3.63, 3.8) is 0 Å². The molecule has 2 bridgehead atoms. The fourth-order valence-corrected chi connectivity index (χ4v) is 9.24. The summed E-state index contributed by atoms with van der Waals surface area (Å²) in [7, 11) is 1.43. The molecule has 1 saturated heterocycles. The third-order valence-corrected chi connectivity index (χ3v) is 11.1. The van der Waals surface area contributed by atoms with Crippen molar-refractivity contribution in [1.82, 2.24) is 0 Å². The maximum absolute atomic E-state index is 13.2. The van der Waals surface area contributed by atoms with Crippen molar-refractivity contribution in [1.29, 1.82) is 0 Å². The number of nitrogens with zero attached hydrogens (tertiary/aromatic N) is 1. The highest BCUT2D eigenvalue weighted by Gasteiger charge is 2.67. The highest BCUT2D eigenvalue weighted by atomic mass is 19.3. The number of fused-ring (bicyclic) bond motifs is 2. The van der Waals surface area contributed by atoms with Crippen molar-refractivity contribution in [2.24, 2.45) is 11.3 Å². The number of hydrogen-bond acceptors (Lipinski definition) is 2. The first-order chi connectivity index (χ1) is 17.7. The summed E-state index contributed by atoms with van der Waals surface area (Å²) in [5, 5.41) is 15.8. The van der Waals surface area contributed by atoms with Gasteiger partial charge < -0.3 is 14.6 Å². The van der Waals surface area contributed by atoms with Crippen LogP contribution in [0.3, 0.4) is 0 Å². The Morgan fingerprint density at radius 2 is 1.89 bits per heavy atom. The fourth-order valence-electron chi connectivity index (χ4n) is 9.24. The summed E-state index contributed by atoms with van der Waals surface area (Å²) in [6.07, 6.45) is 9.48. The van der Waals surface area contributed by atoms with Crippen molar-refractivity contribution in [3.05, 3.63) is 76.5 Å². The fraction of sp³-hybridized carbons (Fsp3) is 0.562. The van der Waals surface area contributed by atoms with Gasteiger partial charge in [0, 0.05) is 12.8 Å². The highest BCUT2D eigenvalue weighted by molar-refractivity contribution is 5.83. The van der Waals surface area contributed by atoms with E-state index in [0.717, 1.165) is 38.5 Å². The lowest BCUT2D eigenvalue weighted by molar-refractivity contribution is -0.892. The third kappa shape index (κ3) is 3.39. The molecule has 2 heterocycles. The Kier molecular flexibility index (Phi) is 5.17. The third-order valence-electron chi connectivity index (χ3n) is 11.1. The Morgan fingerprint density at radius 1 is 1.08 bits per heavy atom. The van der Waals surface area contributed by atoms with Crippen LogP contribution >= 0.6 is 0 Å². The van der Waals surface area contributed by atoms with Gasteiger partial charge >= 0.3 is 0 Å². The molecule has 2 aromatic carbocycles. The number of quaternary nitrogens is 1. The summed E-state index contributed by atoms with van der Waals surface area (Å²) in [5.41, 5.74) is 3.43. The van der Waals surface area contributed by atoms with Gasteiger partial charge in [-0.15, -0.1) is 0 Å². The van der Waals surface area contributed by atoms with Crippen molar-refractivity contribution < 1.29 is 18.2 Å². The molecule has 37 heavy (non-hydrogen) atoms. The number of allylic oxidation sites excluding steroid dienone is 1. The van der Waals surface area contributed by atoms with E-state index < -0.39 is 23.2 Å². The molecular weight excluding hydrogens is 468 g/mol. The maximum atomic E-state index is 13.2. The van der Waals surface area contributed by atoms with E-state index in [-0.39, 0.29) is 17.1 Å². The molecular formula is C32H37F2NO2. The van der Waals surface area contributed by atoms with Gasteiger partial charge in [0.1, 0.15) is 6.54 Å². The number of benzene rings is 2. The SMILES string of the molecule is C[C@]12CC=C3C=C4CC[C@H]([N+](C)([O-])CC(F)F)C[C@]45CC[C@]3(O5)[C@@H]1CC[C@@H]2c1ccc2ccccc2c1. The number of ether oxygens (including phenoxy) is 1. The van der Waals surface area contributed by atoms with Crippen LogP contribution in [0, 0.1) is 16.5 Å². The summed E-state index contributed by atoms with van der Waals surface area (Å²) >= 11 is 0. The first-order valence-corrected chi connectivity index (χ1v) is 14.1. The second-order valence-corrected chi connectivity index (χ2v) is 13.0. The topological polar surface area (TPSA) is 32.3 Å². The molecule has 3 aliphatic carbocycles. The monoisotopic (exact) mass is 505 g/mol. The largest absolute Gasteiger partial charge is 0.633 e. The van der Waals surface area contributed by atoms with Crippen molar-refractivity contribution in [2.75, 3.05) is 13.6 Å². The standard InChI is InChI=1S/C32H37F2NO2/c1-30-14-13-25-18-24-9-10-26(35(2,36)20-29(33)34)19-31(24)15-16-32(25,37-31)28(30)12-11-27(30)23-8-7-21-5-3-4-6-22(21)17-23/h3-8,13,17-18,26-29H,9-12,14-16,19-20H2,1-2H3/t26-,27+,28+,30+,31+,32+,35?/m0/s1. The number of alkyl halides is 2. The zero-order valence-corrected chi connectivity index (χ0v) is 21.9. The number of hydroxylamine groups is 3. The van der Waals surface area contributed by atoms with Crippen LogP contribution in [0.4, 0.5) is 8.78 Å². The zero-order valence-electron chi connectivity index (χ0n) is 21.9. The number of halogens is 2. The average Bonchev–Trinajstić information content (AvgIpc) is 3.37. The Hall–Kier alpha value is -2.08. The summed E-state index contributed by atoms with van der Waals surface area (Å²) in [5.74, 6) is 0.898. The molecule has 3 fully saturated rings. The lowest BCUT2D eigenvalue weighted by Gasteiger charge is -2.56. The van der Waals surface area contributed by atoms with E-state index in [2.05, 4.69) is 61.5 Å². The van der Waals surface area contributed by atoms with Crippen LogP contribution in [0.25, 0.3) is 10.8 Å². The predicted molar refractivity (Wildman–Crippen MR) is 142 cm³/mol. The Labute approximate surface area is 218 Å². The molecule has 7 rings (SSSR count). The maximum Gasteiger partial charge on any atom is 0.286 e. The predicted octanol–water partition coefficient (Wildman–Crippen LogP) is 7.66. The van der Waals surface area contributed by atoms with E-state index in [1.54, 1.807) is 0 Å². The molecule has 0 aromatic heterocycles. The summed E-state index contributed by atoms with van der Waals surface area (Å²) in [6, 6.07) is 15.2. The second-order valence-electron chi connectivity index (χ2n) is 13.0. The second kappa shape index (κ2) is 7.97. The lowest BCUT2D eigenvalue weighted by atomic mass is 9.58. The minimum atomic E-state index is -2.58. The van der Waals surface area contributed by atoms with Gasteiger partial charge in [0.2, 0.25) is 0 Å². The zero-order chi connectivity index (χ0) is 25.6. The molecule has 2 saturated carbocycles. The van der Waals surface area contributed by atoms with Crippen molar-refractivity contribution in [3.8, 4) is 0 Å². The molecule has 3 nitrogen and oxygen atoms in total. The van der Waals surface area contributed by atoms with Crippen LogP contribution in [-0.2, 0) is 4.74 Å². The van der Waals surface area contributed by atoms with E-state index in [1.807, 2.05) is 0 Å². The lowest BCUT2D eigenvalue weighted by Crippen LogP contribution is -2.58. The highest BCUT2D eigenvalue weighted by Crippen LogP contribution is 2.69. The molecule has 5 heteroatoms. The molecule has 2 aromatic rings. The molecule has 7 atom stereocenters. The van der Waals surface area contributed by atoms with Crippen LogP contribution in [0.5, 0.6) is 0 Å². The Balaban J connectivity index is 1.22. The minimum absolute atomic E-state index is 0.107. The van der Waals surface area contributed by atoms with E-state index >= 15 is 0 Å². The Bertz CT molecular complexity index is 1320. The Morgan fingerprint density at radius 3 is 2.70 bits per heavy atom. The van der Waals surface area contributed by atoms with Gasteiger partial charge in [0.25, 0.3) is 6.43 Å². The van der Waals surface area contributed by atoms with E-state index in [9.17, 15) is 14.0 Å². The van der Waals surface area contributed by atoms with Gasteiger partial charge in [-0.25, -0.2) is 8.78 Å². The van der Waals surface area contributed by atoms with Gasteiger partial charge in [0.15, 0.2) is 0 Å². The molecule has 0 amide bonds. The van der Waals surface area contributed by atoms with Gasteiger partial charge in [-0.05, 0) is 83.3 Å². The van der Waals surface area contributed by atoms with E-state index in [1.165, 1.54) is 34.5 Å². The van der Waals surface area contributed by atoms with Gasteiger partial charge in [-0.3, -0.25) is 0 Å². The van der Waals surface area contributed by atoms with E-state index in [0.29, 0.717) is 24.7 Å². The summed E-state index contributed by atoms with van der Waals surface area (Å²) in [4.78, 5) is 0. The smallest absolute Gasteiger partial charge is 0.286 e. The van der Waals surface area contributed by atoms with Crippen LogP contribution in [0.1, 0.15) is 69.8 Å². The first kappa shape index (κ1) is 24.0. The molecule has 5 aliphatic rings. The van der Waals surface area contributed by atoms with Gasteiger partial charge in [0.05, 0.1) is 24.3 Å². The van der Waals surface area contributed by atoms with Crippen LogP contribution in [-0.4, -0.2) is 41.9 Å². The molecule has 0 N–H and O–H groups in total. The normalized spacial score (nSPS) is 40.0. The van der Waals surface area contributed by atoms with E-state index in [4.69, 9.17) is 4.74 Å². The van der Waals surface area contributed by atoms with Crippen molar-refractivity contribution >= 4 is 10.8 Å². The molecule has 196 valence electrons. The van der Waals surface area contributed by atoms with Gasteiger partial charge in [-0.2, -0.15) is 0 Å².